The van der Waals surface area contributed by atoms with Crippen molar-refractivity contribution in [2.24, 2.45) is 7.05 Å². The first-order valence-corrected chi connectivity index (χ1v) is 5.58. The Morgan fingerprint density at radius 2 is 2.27 bits per heavy atom. The molecule has 0 N–H and O–H groups in total. The van der Waals surface area contributed by atoms with Crippen LogP contribution >= 0.6 is 22.9 Å². The highest BCUT2D eigenvalue weighted by atomic mass is 35.5. The second-order valence-electron chi connectivity index (χ2n) is 3.20. The van der Waals surface area contributed by atoms with Crippen LogP contribution in [0.5, 0.6) is 0 Å². The molecule has 0 bridgehead atoms. The summed E-state index contributed by atoms with van der Waals surface area (Å²) in [5.41, 5.74) is 1.40. The molecule has 3 nitrogen and oxygen atoms in total. The van der Waals surface area contributed by atoms with Crippen LogP contribution in [0, 0.1) is 0 Å². The highest BCUT2D eigenvalue weighted by molar-refractivity contribution is 7.19. The summed E-state index contributed by atoms with van der Waals surface area (Å²) in [4.78, 5) is 12.2. The van der Waals surface area contributed by atoms with Gasteiger partial charge in [-0.2, -0.15) is 5.10 Å². The zero-order chi connectivity index (χ0) is 11.0. The fourth-order valence-corrected chi connectivity index (χ4v) is 2.41. The number of thiophene rings is 1. The normalized spacial score (nSPS) is 10.6. The maximum Gasteiger partial charge on any atom is 0.180 e. The van der Waals surface area contributed by atoms with Crippen LogP contribution in [0.15, 0.2) is 18.2 Å². The molecule has 2 rings (SSSR count). The Kier molecular flexibility index (Phi) is 2.63. The lowest BCUT2D eigenvalue weighted by Crippen LogP contribution is -1.96. The average Bonchev–Trinajstić information content (AvgIpc) is 2.71. The van der Waals surface area contributed by atoms with Crippen molar-refractivity contribution in [2.75, 3.05) is 0 Å². The van der Waals surface area contributed by atoms with Gasteiger partial charge < -0.3 is 0 Å². The van der Waals surface area contributed by atoms with Gasteiger partial charge in [-0.25, -0.2) is 0 Å². The van der Waals surface area contributed by atoms with Crippen LogP contribution in [0.1, 0.15) is 17.4 Å². The zero-order valence-corrected chi connectivity index (χ0v) is 9.89. The van der Waals surface area contributed by atoms with Crippen LogP contribution in [0.3, 0.4) is 0 Å². The topological polar surface area (TPSA) is 34.9 Å². The number of halogens is 1. The van der Waals surface area contributed by atoms with E-state index in [0.29, 0.717) is 5.69 Å². The summed E-state index contributed by atoms with van der Waals surface area (Å²) < 4.78 is 2.43. The molecule has 5 heteroatoms. The number of nitrogens with zero attached hydrogens (tertiary/aromatic N) is 2. The number of hydrogen-bond acceptors (Lipinski definition) is 3. The van der Waals surface area contributed by atoms with Crippen molar-refractivity contribution in [3.05, 3.63) is 28.2 Å². The summed E-state index contributed by atoms with van der Waals surface area (Å²) in [5.74, 6) is -0.0282. The Hall–Kier alpha value is -1.13. The van der Waals surface area contributed by atoms with Crippen molar-refractivity contribution < 1.29 is 4.79 Å². The maximum atomic E-state index is 11.1. The summed E-state index contributed by atoms with van der Waals surface area (Å²) in [7, 11) is 1.81. The van der Waals surface area contributed by atoms with E-state index in [2.05, 4.69) is 5.10 Å². The third-order valence-electron chi connectivity index (χ3n) is 2.07. The van der Waals surface area contributed by atoms with E-state index < -0.39 is 0 Å². The summed E-state index contributed by atoms with van der Waals surface area (Å²) in [5, 5.41) is 4.13. The fourth-order valence-electron chi connectivity index (χ4n) is 1.32. The lowest BCUT2D eigenvalue weighted by atomic mass is 10.2. The highest BCUT2D eigenvalue weighted by Crippen LogP contribution is 2.30. The van der Waals surface area contributed by atoms with Crippen molar-refractivity contribution in [3.8, 4) is 10.6 Å². The molecule has 2 heterocycles. The van der Waals surface area contributed by atoms with E-state index >= 15 is 0 Å². The third-order valence-corrected chi connectivity index (χ3v) is 3.32. The van der Waals surface area contributed by atoms with E-state index in [1.165, 1.54) is 18.3 Å². The van der Waals surface area contributed by atoms with E-state index in [4.69, 9.17) is 11.6 Å². The van der Waals surface area contributed by atoms with Crippen molar-refractivity contribution >= 4 is 28.7 Å². The number of aromatic nitrogens is 2. The molecule has 0 aromatic carbocycles. The molecule has 0 aliphatic carbocycles. The molecule has 0 amide bonds. The molecule has 2 aromatic heterocycles. The van der Waals surface area contributed by atoms with E-state index in [1.54, 1.807) is 10.7 Å². The van der Waals surface area contributed by atoms with E-state index in [0.717, 1.165) is 14.9 Å². The average molecular weight is 241 g/mol. The molecule has 78 valence electrons. The van der Waals surface area contributed by atoms with Crippen molar-refractivity contribution in [2.45, 2.75) is 6.92 Å². The molecular formula is C10H9ClN2OS. The van der Waals surface area contributed by atoms with Crippen LogP contribution in [-0.4, -0.2) is 15.6 Å². The van der Waals surface area contributed by atoms with Crippen LogP contribution in [0.2, 0.25) is 4.34 Å². The third kappa shape index (κ3) is 1.96. The lowest BCUT2D eigenvalue weighted by Gasteiger charge is -1.95. The van der Waals surface area contributed by atoms with Crippen LogP contribution < -0.4 is 0 Å². The van der Waals surface area contributed by atoms with Crippen LogP contribution in [-0.2, 0) is 7.05 Å². The quantitative estimate of drug-likeness (QED) is 0.757. The number of carbonyl (C=O) groups is 1. The van der Waals surface area contributed by atoms with Gasteiger partial charge in [-0.1, -0.05) is 11.6 Å². The van der Waals surface area contributed by atoms with Crippen molar-refractivity contribution in [1.29, 1.82) is 0 Å². The van der Waals surface area contributed by atoms with Crippen LogP contribution in [0.4, 0.5) is 0 Å². The molecular weight excluding hydrogens is 232 g/mol. The smallest absolute Gasteiger partial charge is 0.180 e. The number of rotatable bonds is 2. The lowest BCUT2D eigenvalue weighted by molar-refractivity contribution is 0.101. The molecule has 0 saturated heterocycles. The number of ketones is 1. The van der Waals surface area contributed by atoms with Gasteiger partial charge in [0.25, 0.3) is 0 Å². The van der Waals surface area contributed by atoms with Crippen molar-refractivity contribution in [1.82, 2.24) is 9.78 Å². The first-order chi connectivity index (χ1) is 7.08. The fraction of sp³-hybridized carbons (Fsp3) is 0.200. The van der Waals surface area contributed by atoms with E-state index in [-0.39, 0.29) is 5.78 Å². The molecule has 0 aliphatic rings. The Morgan fingerprint density at radius 1 is 1.53 bits per heavy atom. The molecule has 2 aromatic rings. The predicted octanol–water partition coefficient (Wildman–Crippen LogP) is 3.00. The zero-order valence-electron chi connectivity index (χ0n) is 8.32. The van der Waals surface area contributed by atoms with Gasteiger partial charge in [0.2, 0.25) is 0 Å². The minimum atomic E-state index is -0.0282. The van der Waals surface area contributed by atoms with E-state index in [9.17, 15) is 4.79 Å². The molecule has 0 radical (unpaired) electrons. The molecule has 15 heavy (non-hydrogen) atoms. The van der Waals surface area contributed by atoms with Gasteiger partial charge in [-0.15, -0.1) is 11.3 Å². The standard InChI is InChI=1S/C10H9ClN2OS/c1-6(14)7-5-8(13(2)12-7)9-3-4-10(11)15-9/h3-5H,1-2H3. The molecule has 0 atom stereocenters. The van der Waals surface area contributed by atoms with Gasteiger partial charge in [0.1, 0.15) is 5.69 Å². The maximum absolute atomic E-state index is 11.1. The molecule has 0 spiro atoms. The number of carbonyl (C=O) groups excluding carboxylic acids is 1. The summed E-state index contributed by atoms with van der Waals surface area (Å²) in [6, 6.07) is 5.54. The van der Waals surface area contributed by atoms with Gasteiger partial charge in [0.15, 0.2) is 5.78 Å². The van der Waals surface area contributed by atoms with Crippen molar-refractivity contribution in [3.63, 3.8) is 0 Å². The minimum absolute atomic E-state index is 0.0282. The Balaban J connectivity index is 2.49. The number of aryl methyl sites for hydroxylation is 1. The summed E-state index contributed by atoms with van der Waals surface area (Å²) in [6.45, 7) is 1.51. The monoisotopic (exact) mass is 240 g/mol. The number of hydrogen-bond donors (Lipinski definition) is 0. The van der Waals surface area contributed by atoms with Gasteiger partial charge >= 0.3 is 0 Å². The first kappa shape index (κ1) is 10.4. The highest BCUT2D eigenvalue weighted by Gasteiger charge is 2.11. The summed E-state index contributed by atoms with van der Waals surface area (Å²) in [6.07, 6.45) is 0. The SMILES string of the molecule is CC(=O)c1cc(-c2ccc(Cl)s2)n(C)n1. The number of Topliss-reactive ketones (excluding diaryl/α,β-unsaturated/α-hetero) is 1. The molecule has 0 saturated carbocycles. The van der Waals surface area contributed by atoms with E-state index in [1.807, 2.05) is 19.2 Å². The van der Waals surface area contributed by atoms with Gasteiger partial charge in [-0.05, 0) is 18.2 Å². The Labute approximate surface area is 96.3 Å². The summed E-state index contributed by atoms with van der Waals surface area (Å²) >= 11 is 7.33. The largest absolute Gasteiger partial charge is 0.293 e. The van der Waals surface area contributed by atoms with Gasteiger partial charge in [-0.3, -0.25) is 9.48 Å². The predicted molar refractivity (Wildman–Crippen MR) is 61.5 cm³/mol. The second-order valence-corrected chi connectivity index (χ2v) is 4.91. The Bertz CT molecular complexity index is 515. The van der Waals surface area contributed by atoms with Gasteiger partial charge in [0.05, 0.1) is 14.9 Å². The molecule has 0 aliphatic heterocycles. The molecule has 0 fully saturated rings. The second kappa shape index (κ2) is 3.79. The van der Waals surface area contributed by atoms with Crippen LogP contribution in [0.25, 0.3) is 10.6 Å². The minimum Gasteiger partial charge on any atom is -0.293 e. The first-order valence-electron chi connectivity index (χ1n) is 4.38. The Morgan fingerprint density at radius 3 is 2.73 bits per heavy atom. The van der Waals surface area contributed by atoms with Gasteiger partial charge in [0, 0.05) is 14.0 Å². The molecule has 0 unspecified atom stereocenters.